The van der Waals surface area contributed by atoms with Gasteiger partial charge in [0.15, 0.2) is 5.78 Å². The van der Waals surface area contributed by atoms with Crippen LogP contribution in [-0.2, 0) is 6.42 Å². The van der Waals surface area contributed by atoms with Crippen molar-refractivity contribution in [1.29, 1.82) is 0 Å². The second-order valence-electron chi connectivity index (χ2n) is 3.32. The zero-order valence-corrected chi connectivity index (χ0v) is 7.42. The molecular formula is C11H11NO. The number of fused-ring (bicyclic) bond motifs is 1. The molecule has 2 rings (SSSR count). The Morgan fingerprint density at radius 1 is 1.38 bits per heavy atom. The van der Waals surface area contributed by atoms with Crippen LogP contribution >= 0.6 is 0 Å². The minimum absolute atomic E-state index is 0.0700. The van der Waals surface area contributed by atoms with Gasteiger partial charge in [-0.1, -0.05) is 6.58 Å². The van der Waals surface area contributed by atoms with Crippen molar-refractivity contribution in [1.82, 2.24) is 4.98 Å². The number of hydrogen-bond donors (Lipinski definition) is 0. The molecule has 0 atom stereocenters. The Morgan fingerprint density at radius 3 is 3.08 bits per heavy atom. The molecule has 1 aromatic heterocycles. The lowest BCUT2D eigenvalue weighted by atomic mass is 10.0. The first-order valence-electron chi connectivity index (χ1n) is 4.44. The van der Waals surface area contributed by atoms with Gasteiger partial charge in [-0.3, -0.25) is 9.78 Å². The smallest absolute Gasteiger partial charge is 0.190 e. The van der Waals surface area contributed by atoms with Crippen LogP contribution in [0.2, 0.25) is 0 Å². The van der Waals surface area contributed by atoms with Crippen LogP contribution in [0.15, 0.2) is 30.6 Å². The summed E-state index contributed by atoms with van der Waals surface area (Å²) in [6.07, 6.45) is 6.17. The number of carbonyl (C=O) groups excluding carboxylic acids is 1. The van der Waals surface area contributed by atoms with Crippen LogP contribution in [-0.4, -0.2) is 10.8 Å². The Morgan fingerprint density at radius 2 is 2.23 bits per heavy atom. The minimum Gasteiger partial charge on any atom is -0.289 e. The summed E-state index contributed by atoms with van der Waals surface area (Å²) in [4.78, 5) is 15.7. The summed E-state index contributed by atoms with van der Waals surface area (Å²) in [5.41, 5.74) is 2.57. The molecule has 1 aliphatic carbocycles. The van der Waals surface area contributed by atoms with E-state index in [1.807, 2.05) is 6.07 Å². The number of aryl methyl sites for hydroxylation is 1. The third-order valence-electron chi connectivity index (χ3n) is 2.40. The Kier molecular flexibility index (Phi) is 1.97. The molecule has 1 heterocycles. The number of carbonyl (C=O) groups is 1. The van der Waals surface area contributed by atoms with Crippen molar-refractivity contribution in [3.05, 3.63) is 41.7 Å². The molecule has 0 saturated heterocycles. The predicted molar refractivity (Wildman–Crippen MR) is 50.6 cm³/mol. The number of ketones is 1. The normalized spacial score (nSPS) is 16.6. The molecule has 0 unspecified atom stereocenters. The summed E-state index contributed by atoms with van der Waals surface area (Å²) in [5, 5.41) is 0. The van der Waals surface area contributed by atoms with Gasteiger partial charge < -0.3 is 0 Å². The molecular weight excluding hydrogens is 162 g/mol. The summed E-state index contributed by atoms with van der Waals surface area (Å²) in [7, 11) is 0. The molecule has 0 bridgehead atoms. The van der Waals surface area contributed by atoms with E-state index in [0.29, 0.717) is 5.57 Å². The number of rotatable bonds is 0. The summed E-state index contributed by atoms with van der Waals surface area (Å²) >= 11 is 0. The van der Waals surface area contributed by atoms with Crippen LogP contribution in [0.1, 0.15) is 28.8 Å². The molecule has 0 aliphatic heterocycles. The van der Waals surface area contributed by atoms with E-state index in [4.69, 9.17) is 0 Å². The first-order valence-corrected chi connectivity index (χ1v) is 4.44. The topological polar surface area (TPSA) is 30.0 Å². The monoisotopic (exact) mass is 173 g/mol. The van der Waals surface area contributed by atoms with Crippen LogP contribution in [0.5, 0.6) is 0 Å². The van der Waals surface area contributed by atoms with Gasteiger partial charge in [-0.25, -0.2) is 0 Å². The Labute approximate surface area is 77.3 Å². The molecule has 2 nitrogen and oxygen atoms in total. The zero-order chi connectivity index (χ0) is 9.26. The van der Waals surface area contributed by atoms with Gasteiger partial charge in [0.2, 0.25) is 0 Å². The maximum absolute atomic E-state index is 11.7. The number of hydrogen-bond acceptors (Lipinski definition) is 2. The minimum atomic E-state index is 0.0700. The van der Waals surface area contributed by atoms with Crippen LogP contribution in [0.25, 0.3) is 0 Å². The number of Topliss-reactive ketones (excluding diaryl/α,β-unsaturated/α-hetero) is 1. The molecule has 0 radical (unpaired) electrons. The van der Waals surface area contributed by atoms with Crippen molar-refractivity contribution in [3.63, 3.8) is 0 Å². The van der Waals surface area contributed by atoms with E-state index in [1.54, 1.807) is 12.4 Å². The molecule has 66 valence electrons. The summed E-state index contributed by atoms with van der Waals surface area (Å²) in [6.45, 7) is 3.78. The van der Waals surface area contributed by atoms with Crippen LogP contribution in [0.3, 0.4) is 0 Å². The Balaban J connectivity index is 2.52. The average molecular weight is 173 g/mol. The van der Waals surface area contributed by atoms with Crippen LogP contribution in [0.4, 0.5) is 0 Å². The van der Waals surface area contributed by atoms with Crippen molar-refractivity contribution in [3.8, 4) is 0 Å². The van der Waals surface area contributed by atoms with E-state index < -0.39 is 0 Å². The highest BCUT2D eigenvalue weighted by Crippen LogP contribution is 2.21. The largest absolute Gasteiger partial charge is 0.289 e. The van der Waals surface area contributed by atoms with Crippen molar-refractivity contribution in [2.45, 2.75) is 19.3 Å². The van der Waals surface area contributed by atoms with Gasteiger partial charge in [0.05, 0.1) is 0 Å². The summed E-state index contributed by atoms with van der Waals surface area (Å²) < 4.78 is 0. The number of nitrogens with zero attached hydrogens (tertiary/aromatic N) is 1. The van der Waals surface area contributed by atoms with E-state index in [0.717, 1.165) is 30.4 Å². The highest BCUT2D eigenvalue weighted by molar-refractivity contribution is 6.09. The second kappa shape index (κ2) is 3.13. The van der Waals surface area contributed by atoms with E-state index >= 15 is 0 Å². The molecule has 13 heavy (non-hydrogen) atoms. The summed E-state index contributed by atoms with van der Waals surface area (Å²) in [6, 6.07) is 1.92. The maximum atomic E-state index is 11.7. The predicted octanol–water partition coefficient (Wildman–Crippen LogP) is 2.16. The quantitative estimate of drug-likeness (QED) is 0.444. The first kappa shape index (κ1) is 8.17. The fourth-order valence-corrected chi connectivity index (χ4v) is 1.64. The van der Waals surface area contributed by atoms with Crippen LogP contribution < -0.4 is 0 Å². The van der Waals surface area contributed by atoms with Crippen LogP contribution in [0, 0.1) is 0 Å². The fraction of sp³-hybridized carbons (Fsp3) is 0.273. The number of aromatic nitrogens is 1. The number of allylic oxidation sites excluding steroid dienone is 1. The second-order valence-corrected chi connectivity index (χ2v) is 3.32. The molecule has 0 amide bonds. The number of pyridine rings is 1. The van der Waals surface area contributed by atoms with Gasteiger partial charge in [-0.2, -0.15) is 0 Å². The molecule has 2 heteroatoms. The molecule has 0 N–H and O–H groups in total. The maximum Gasteiger partial charge on any atom is 0.190 e. The molecule has 0 aromatic carbocycles. The first-order chi connectivity index (χ1) is 6.29. The lowest BCUT2D eigenvalue weighted by Gasteiger charge is -2.01. The highest BCUT2D eigenvalue weighted by atomic mass is 16.1. The summed E-state index contributed by atoms with van der Waals surface area (Å²) in [5.74, 6) is 0.0700. The molecule has 0 spiro atoms. The molecule has 0 saturated carbocycles. The van der Waals surface area contributed by atoms with Gasteiger partial charge >= 0.3 is 0 Å². The SMILES string of the molecule is C=C1CCCc2ccncc2C1=O. The third kappa shape index (κ3) is 1.39. The van der Waals surface area contributed by atoms with Crippen molar-refractivity contribution in [2.75, 3.05) is 0 Å². The van der Waals surface area contributed by atoms with E-state index in [2.05, 4.69) is 11.6 Å². The fourth-order valence-electron chi connectivity index (χ4n) is 1.64. The van der Waals surface area contributed by atoms with Gasteiger partial charge in [-0.05, 0) is 36.5 Å². The lowest BCUT2D eigenvalue weighted by molar-refractivity contribution is 0.103. The van der Waals surface area contributed by atoms with E-state index in [1.165, 1.54) is 0 Å². The highest BCUT2D eigenvalue weighted by Gasteiger charge is 2.17. The van der Waals surface area contributed by atoms with Crippen molar-refractivity contribution in [2.24, 2.45) is 0 Å². The third-order valence-corrected chi connectivity index (χ3v) is 2.40. The van der Waals surface area contributed by atoms with Gasteiger partial charge in [-0.15, -0.1) is 0 Å². The molecule has 1 aliphatic rings. The average Bonchev–Trinajstić information content (AvgIpc) is 2.29. The van der Waals surface area contributed by atoms with Gasteiger partial charge in [0.1, 0.15) is 0 Å². The Hall–Kier alpha value is -1.44. The zero-order valence-electron chi connectivity index (χ0n) is 7.42. The van der Waals surface area contributed by atoms with Crippen molar-refractivity contribution < 1.29 is 4.79 Å². The van der Waals surface area contributed by atoms with E-state index in [-0.39, 0.29) is 5.78 Å². The van der Waals surface area contributed by atoms with Gasteiger partial charge in [0, 0.05) is 18.0 Å². The Bertz CT molecular complexity index is 368. The molecule has 1 aromatic rings. The van der Waals surface area contributed by atoms with Crippen molar-refractivity contribution >= 4 is 5.78 Å². The van der Waals surface area contributed by atoms with E-state index in [9.17, 15) is 4.79 Å². The standard InChI is InChI=1S/C11H11NO/c1-8-3-2-4-9-5-6-12-7-10(9)11(8)13/h5-7H,1-4H2. The molecule has 0 fully saturated rings. The lowest BCUT2D eigenvalue weighted by Crippen LogP contribution is -2.02. The van der Waals surface area contributed by atoms with Gasteiger partial charge in [0.25, 0.3) is 0 Å².